The van der Waals surface area contributed by atoms with Crippen molar-refractivity contribution in [2.24, 2.45) is 0 Å². The Morgan fingerprint density at radius 2 is 1.46 bits per heavy atom. The molecule has 0 aromatic heterocycles. The van der Waals surface area contributed by atoms with Crippen LogP contribution in [0, 0.1) is 0 Å². The number of Topliss-reactive ketones (excluding diaryl/α,β-unsaturated/α-hetero) is 2. The number of amides is 1. The molecular formula is C14H22N2O6S2. The lowest BCUT2D eigenvalue weighted by atomic mass is 10.2. The van der Waals surface area contributed by atoms with Gasteiger partial charge >= 0.3 is 6.09 Å². The summed E-state index contributed by atoms with van der Waals surface area (Å²) in [7, 11) is 3.99. The summed E-state index contributed by atoms with van der Waals surface area (Å²) in [6.07, 6.45) is -0.410. The van der Waals surface area contributed by atoms with Gasteiger partial charge in [-0.25, -0.2) is 4.79 Å². The van der Waals surface area contributed by atoms with Crippen molar-refractivity contribution in [2.45, 2.75) is 38.5 Å². The van der Waals surface area contributed by atoms with Crippen molar-refractivity contribution in [2.75, 3.05) is 18.6 Å². The first-order valence-electron chi connectivity index (χ1n) is 7.03. The molecule has 0 aromatic rings. The van der Waals surface area contributed by atoms with Gasteiger partial charge in [-0.05, 0) is 27.8 Å². The number of carbonyl (C=O) groups is 5. The van der Waals surface area contributed by atoms with Gasteiger partial charge in [-0.3, -0.25) is 19.2 Å². The molecule has 24 heavy (non-hydrogen) atoms. The van der Waals surface area contributed by atoms with Crippen molar-refractivity contribution in [1.29, 1.82) is 0 Å². The Balaban J connectivity index is 4.47. The van der Waals surface area contributed by atoms with Gasteiger partial charge in [0, 0.05) is 11.5 Å². The molecule has 2 N–H and O–H groups in total. The van der Waals surface area contributed by atoms with Gasteiger partial charge in [0.1, 0.15) is 11.6 Å². The summed E-state index contributed by atoms with van der Waals surface area (Å²) >= 11 is 0. The predicted molar refractivity (Wildman–Crippen MR) is 93.1 cm³/mol. The minimum atomic E-state index is -1.02. The fourth-order valence-electron chi connectivity index (χ4n) is 1.35. The van der Waals surface area contributed by atoms with Crippen molar-refractivity contribution < 1.29 is 28.7 Å². The highest BCUT2D eigenvalue weighted by Crippen LogP contribution is 2.23. The summed E-state index contributed by atoms with van der Waals surface area (Å²) < 4.78 is 5.04. The van der Waals surface area contributed by atoms with Gasteiger partial charge in [0.2, 0.25) is 11.6 Å². The molecule has 0 heterocycles. The zero-order valence-electron chi connectivity index (χ0n) is 14.0. The molecule has 2 atom stereocenters. The van der Waals surface area contributed by atoms with Gasteiger partial charge in [0.05, 0.1) is 6.04 Å². The summed E-state index contributed by atoms with van der Waals surface area (Å²) in [5.41, 5.74) is -0.726. The monoisotopic (exact) mass is 378 g/mol. The molecule has 0 unspecified atom stereocenters. The summed E-state index contributed by atoms with van der Waals surface area (Å²) in [6, 6.07) is -1.65. The van der Waals surface area contributed by atoms with Crippen LogP contribution in [0.25, 0.3) is 0 Å². The van der Waals surface area contributed by atoms with Crippen molar-refractivity contribution in [3.05, 3.63) is 0 Å². The molecule has 1 amide bonds. The lowest BCUT2D eigenvalue weighted by Crippen LogP contribution is -2.45. The minimum Gasteiger partial charge on any atom is -0.444 e. The number of aldehydes is 2. The predicted octanol–water partition coefficient (Wildman–Crippen LogP) is 0.385. The minimum absolute atomic E-state index is 0.118. The second-order valence-electron chi connectivity index (χ2n) is 5.65. The van der Waals surface area contributed by atoms with Crippen LogP contribution in [0.3, 0.4) is 0 Å². The number of hydrogen-bond acceptors (Lipinski definition) is 9. The molecule has 0 aliphatic heterocycles. The Labute approximate surface area is 148 Å². The van der Waals surface area contributed by atoms with E-state index in [-0.39, 0.29) is 18.3 Å². The van der Waals surface area contributed by atoms with Crippen molar-refractivity contribution in [1.82, 2.24) is 10.6 Å². The molecule has 0 rings (SSSR count). The summed E-state index contributed by atoms with van der Waals surface area (Å²) in [5.74, 6) is -0.929. The first-order valence-corrected chi connectivity index (χ1v) is 9.52. The Morgan fingerprint density at radius 1 is 1.00 bits per heavy atom. The third-order valence-corrected chi connectivity index (χ3v) is 4.93. The summed E-state index contributed by atoms with van der Waals surface area (Å²) in [6.45, 7) is 5.03. The van der Waals surface area contributed by atoms with Crippen molar-refractivity contribution >= 4 is 51.8 Å². The normalized spacial score (nSPS) is 13.5. The van der Waals surface area contributed by atoms with E-state index < -0.39 is 35.3 Å². The second-order valence-corrected chi connectivity index (χ2v) is 8.20. The van der Waals surface area contributed by atoms with Crippen LogP contribution in [0.4, 0.5) is 4.79 Å². The van der Waals surface area contributed by atoms with E-state index >= 15 is 0 Å². The Hall–Kier alpha value is -1.39. The SMILES string of the molecule is CN[C@@H](CSSC[C@H](NC(=O)OC(C)(C)C)C(=O)C=O)C(=O)C=O. The van der Waals surface area contributed by atoms with Crippen molar-refractivity contribution in [3.8, 4) is 0 Å². The van der Waals surface area contributed by atoms with Gasteiger partial charge in [0.15, 0.2) is 12.6 Å². The first kappa shape index (κ1) is 22.6. The Kier molecular flexibility index (Phi) is 10.6. The van der Waals surface area contributed by atoms with Crippen LogP contribution in [0.2, 0.25) is 0 Å². The first-order chi connectivity index (χ1) is 11.1. The van der Waals surface area contributed by atoms with Crippen LogP contribution < -0.4 is 10.6 Å². The number of carbonyl (C=O) groups excluding carboxylic acids is 5. The van der Waals surface area contributed by atoms with Gasteiger partial charge in [-0.2, -0.15) is 0 Å². The van der Waals surface area contributed by atoms with E-state index in [1.165, 1.54) is 21.6 Å². The van der Waals surface area contributed by atoms with E-state index in [1.807, 2.05) is 0 Å². The molecule has 0 spiro atoms. The lowest BCUT2D eigenvalue weighted by molar-refractivity contribution is -0.130. The average Bonchev–Trinajstić information content (AvgIpc) is 2.50. The fraction of sp³-hybridized carbons (Fsp3) is 0.643. The molecule has 0 bridgehead atoms. The number of ether oxygens (including phenoxy) is 1. The van der Waals surface area contributed by atoms with E-state index in [2.05, 4.69) is 10.6 Å². The molecular weight excluding hydrogens is 356 g/mol. The van der Waals surface area contributed by atoms with Crippen LogP contribution >= 0.6 is 21.6 Å². The highest BCUT2D eigenvalue weighted by molar-refractivity contribution is 8.76. The van der Waals surface area contributed by atoms with Gasteiger partial charge in [-0.1, -0.05) is 21.6 Å². The number of hydrogen-bond donors (Lipinski definition) is 2. The highest BCUT2D eigenvalue weighted by atomic mass is 33.1. The number of nitrogens with one attached hydrogen (secondary N) is 2. The zero-order chi connectivity index (χ0) is 18.8. The zero-order valence-corrected chi connectivity index (χ0v) is 15.6. The standard InChI is InChI=1S/C14H22N2O6S2/c1-14(2,3)22-13(21)16-10(12(20)6-18)8-24-23-7-9(15-4)11(19)5-17/h5-6,9-10,15H,7-8H2,1-4H3,(H,16,21)/t9-,10-/m0/s1. The molecule has 8 nitrogen and oxygen atoms in total. The van der Waals surface area contributed by atoms with E-state index in [4.69, 9.17) is 4.74 Å². The molecule has 0 radical (unpaired) electrons. The van der Waals surface area contributed by atoms with Gasteiger partial charge in [-0.15, -0.1) is 0 Å². The van der Waals surface area contributed by atoms with E-state index in [0.29, 0.717) is 5.75 Å². The molecule has 0 saturated heterocycles. The molecule has 0 aromatic carbocycles. The van der Waals surface area contributed by atoms with Gasteiger partial charge in [0.25, 0.3) is 0 Å². The quantitative estimate of drug-likeness (QED) is 0.228. The lowest BCUT2D eigenvalue weighted by Gasteiger charge is -2.22. The number of likely N-dealkylation sites (N-methyl/N-ethyl adjacent to an activating group) is 1. The number of ketones is 2. The van der Waals surface area contributed by atoms with Gasteiger partial charge < -0.3 is 15.4 Å². The molecule has 10 heteroatoms. The van der Waals surface area contributed by atoms with E-state index in [1.54, 1.807) is 27.8 Å². The van der Waals surface area contributed by atoms with E-state index in [0.717, 1.165) is 0 Å². The van der Waals surface area contributed by atoms with Crippen LogP contribution in [0.5, 0.6) is 0 Å². The molecule has 0 aliphatic carbocycles. The molecule has 136 valence electrons. The topological polar surface area (TPSA) is 119 Å². The summed E-state index contributed by atoms with van der Waals surface area (Å²) in [5, 5.41) is 5.05. The Bertz CT molecular complexity index is 478. The second kappa shape index (κ2) is 11.2. The van der Waals surface area contributed by atoms with Crippen LogP contribution in [-0.4, -0.2) is 66.5 Å². The maximum absolute atomic E-state index is 11.7. The van der Waals surface area contributed by atoms with E-state index in [9.17, 15) is 24.0 Å². The maximum atomic E-state index is 11.7. The highest BCUT2D eigenvalue weighted by Gasteiger charge is 2.24. The molecule has 0 saturated carbocycles. The third-order valence-electron chi connectivity index (χ3n) is 2.51. The summed E-state index contributed by atoms with van der Waals surface area (Å²) in [4.78, 5) is 55.7. The van der Waals surface area contributed by atoms with Crippen LogP contribution in [0.1, 0.15) is 20.8 Å². The molecule has 0 fully saturated rings. The fourth-order valence-corrected chi connectivity index (χ4v) is 3.79. The maximum Gasteiger partial charge on any atom is 0.408 e. The smallest absolute Gasteiger partial charge is 0.408 e. The molecule has 0 aliphatic rings. The largest absolute Gasteiger partial charge is 0.444 e. The third kappa shape index (κ3) is 9.68. The number of alkyl carbamates (subject to hydrolysis) is 1. The average molecular weight is 378 g/mol. The van der Waals surface area contributed by atoms with Crippen molar-refractivity contribution in [3.63, 3.8) is 0 Å². The Morgan fingerprint density at radius 3 is 1.88 bits per heavy atom. The number of rotatable bonds is 11. The van der Waals surface area contributed by atoms with Crippen LogP contribution in [-0.2, 0) is 23.9 Å². The van der Waals surface area contributed by atoms with Crippen LogP contribution in [0.15, 0.2) is 0 Å².